The van der Waals surface area contributed by atoms with Gasteiger partial charge in [-0.2, -0.15) is 0 Å². The molecule has 0 saturated heterocycles. The van der Waals surface area contributed by atoms with Crippen LogP contribution in [0.15, 0.2) is 5.11 Å². The highest BCUT2D eigenvalue weighted by Crippen LogP contribution is 1.94. The van der Waals surface area contributed by atoms with E-state index in [0.717, 1.165) is 0 Å². The average molecular weight is 159 g/mol. The smallest absolute Gasteiger partial charge is 0.308 e. The lowest BCUT2D eigenvalue weighted by molar-refractivity contribution is -0.142. The predicted molar refractivity (Wildman–Crippen MR) is 36.7 cm³/mol. The zero-order valence-electron chi connectivity index (χ0n) is 6.10. The third kappa shape index (κ3) is 5.20. The number of methoxy groups -OCH3 is 1. The Hall–Kier alpha value is -1.26. The van der Waals surface area contributed by atoms with Crippen molar-refractivity contribution in [2.45, 2.75) is 12.5 Å². The van der Waals surface area contributed by atoms with Crippen LogP contribution in [0.4, 0.5) is 0 Å². The molecule has 0 rings (SSSR count). The van der Waals surface area contributed by atoms with E-state index in [1.807, 2.05) is 0 Å². The van der Waals surface area contributed by atoms with Crippen molar-refractivity contribution in [2.24, 2.45) is 5.11 Å². The van der Waals surface area contributed by atoms with Crippen LogP contribution >= 0.6 is 0 Å². The third-order valence-electron chi connectivity index (χ3n) is 0.986. The van der Waals surface area contributed by atoms with Crippen LogP contribution in [0.25, 0.3) is 10.4 Å². The highest BCUT2D eigenvalue weighted by atomic mass is 16.5. The minimum Gasteiger partial charge on any atom is -0.469 e. The van der Waals surface area contributed by atoms with E-state index in [-0.39, 0.29) is 13.0 Å². The molecule has 1 atom stereocenters. The van der Waals surface area contributed by atoms with E-state index in [1.54, 1.807) is 0 Å². The molecule has 11 heavy (non-hydrogen) atoms. The van der Waals surface area contributed by atoms with E-state index in [1.165, 1.54) is 7.11 Å². The Morgan fingerprint density at radius 1 is 1.91 bits per heavy atom. The van der Waals surface area contributed by atoms with Crippen LogP contribution in [0.1, 0.15) is 6.42 Å². The van der Waals surface area contributed by atoms with Gasteiger partial charge in [0, 0.05) is 4.91 Å². The Bertz CT molecular complexity index is 176. The van der Waals surface area contributed by atoms with Crippen LogP contribution < -0.4 is 0 Å². The van der Waals surface area contributed by atoms with Crippen molar-refractivity contribution in [3.63, 3.8) is 0 Å². The Labute approximate surface area is 63.4 Å². The minimum absolute atomic E-state index is 0.106. The van der Waals surface area contributed by atoms with Crippen molar-refractivity contribution in [3.05, 3.63) is 10.4 Å². The molecule has 6 heteroatoms. The SMILES string of the molecule is COC(=O)CC(O)CN=[N+]=[N-]. The summed E-state index contributed by atoms with van der Waals surface area (Å²) in [5.74, 6) is -0.523. The van der Waals surface area contributed by atoms with E-state index in [9.17, 15) is 4.79 Å². The lowest BCUT2D eigenvalue weighted by atomic mass is 10.2. The molecule has 62 valence electrons. The number of aliphatic hydroxyl groups excluding tert-OH is 1. The second-order valence-electron chi connectivity index (χ2n) is 1.85. The van der Waals surface area contributed by atoms with Gasteiger partial charge in [0.15, 0.2) is 0 Å². The summed E-state index contributed by atoms with van der Waals surface area (Å²) >= 11 is 0. The summed E-state index contributed by atoms with van der Waals surface area (Å²) < 4.78 is 4.27. The number of hydrogen-bond donors (Lipinski definition) is 1. The Kier molecular flexibility index (Phi) is 4.89. The van der Waals surface area contributed by atoms with Gasteiger partial charge in [-0.05, 0) is 5.53 Å². The molecule has 0 fully saturated rings. The van der Waals surface area contributed by atoms with E-state index >= 15 is 0 Å². The molecule has 1 unspecified atom stereocenters. The molecule has 0 spiro atoms. The lowest BCUT2D eigenvalue weighted by Gasteiger charge is -2.03. The summed E-state index contributed by atoms with van der Waals surface area (Å²) in [6, 6.07) is 0. The topological polar surface area (TPSA) is 95.3 Å². The molecule has 6 nitrogen and oxygen atoms in total. The molecule has 0 saturated carbocycles. The van der Waals surface area contributed by atoms with Gasteiger partial charge in [0.2, 0.25) is 0 Å². The Balaban J connectivity index is 3.59. The molecule has 0 radical (unpaired) electrons. The maximum Gasteiger partial charge on any atom is 0.308 e. The summed E-state index contributed by atoms with van der Waals surface area (Å²) in [4.78, 5) is 12.9. The normalized spacial score (nSPS) is 11.5. The molecule has 1 N–H and O–H groups in total. The van der Waals surface area contributed by atoms with Crippen LogP contribution in [0, 0.1) is 0 Å². The fourth-order valence-electron chi connectivity index (χ4n) is 0.471. The molecule has 0 aliphatic heterocycles. The van der Waals surface area contributed by atoms with E-state index in [0.29, 0.717) is 0 Å². The average Bonchev–Trinajstić information content (AvgIpc) is 2.00. The standard InChI is InChI=1S/C5H9N3O3/c1-11-5(10)2-4(9)3-7-8-6/h4,9H,2-3H2,1H3. The first-order valence-electron chi connectivity index (χ1n) is 2.96. The highest BCUT2D eigenvalue weighted by molar-refractivity contribution is 5.69. The summed E-state index contributed by atoms with van der Waals surface area (Å²) in [5.41, 5.74) is 7.84. The van der Waals surface area contributed by atoms with Crippen molar-refractivity contribution in [3.8, 4) is 0 Å². The van der Waals surface area contributed by atoms with Gasteiger partial charge in [-0.3, -0.25) is 4.79 Å². The summed E-state index contributed by atoms with van der Waals surface area (Å²) in [5, 5.41) is 12.0. The van der Waals surface area contributed by atoms with Crippen LogP contribution in [-0.2, 0) is 9.53 Å². The molecule has 0 aromatic carbocycles. The maximum absolute atomic E-state index is 10.5. The summed E-state index contributed by atoms with van der Waals surface area (Å²) in [7, 11) is 1.22. The van der Waals surface area contributed by atoms with Crippen LogP contribution in [-0.4, -0.2) is 30.8 Å². The quantitative estimate of drug-likeness (QED) is 0.275. The molecule has 0 heterocycles. The molecule has 0 bridgehead atoms. The molecular formula is C5H9N3O3. The third-order valence-corrected chi connectivity index (χ3v) is 0.986. The number of carbonyl (C=O) groups excluding carboxylic acids is 1. The molecule has 0 aromatic rings. The van der Waals surface area contributed by atoms with Gasteiger partial charge in [0.05, 0.1) is 26.2 Å². The molecule has 0 amide bonds. The van der Waals surface area contributed by atoms with Gasteiger partial charge in [-0.1, -0.05) is 5.11 Å². The first-order valence-corrected chi connectivity index (χ1v) is 2.96. The van der Waals surface area contributed by atoms with E-state index in [4.69, 9.17) is 10.6 Å². The molecule has 0 aliphatic carbocycles. The van der Waals surface area contributed by atoms with Crippen LogP contribution in [0.2, 0.25) is 0 Å². The van der Waals surface area contributed by atoms with Crippen molar-refractivity contribution in [1.29, 1.82) is 0 Å². The van der Waals surface area contributed by atoms with Gasteiger partial charge in [0.1, 0.15) is 0 Å². The van der Waals surface area contributed by atoms with Gasteiger partial charge in [-0.25, -0.2) is 0 Å². The molecule has 0 aromatic heterocycles. The maximum atomic E-state index is 10.5. The Morgan fingerprint density at radius 3 is 3.00 bits per heavy atom. The first-order chi connectivity index (χ1) is 5.20. The highest BCUT2D eigenvalue weighted by Gasteiger charge is 2.08. The van der Waals surface area contributed by atoms with Crippen molar-refractivity contribution in [2.75, 3.05) is 13.7 Å². The number of ether oxygens (including phenoxy) is 1. The van der Waals surface area contributed by atoms with Crippen molar-refractivity contribution in [1.82, 2.24) is 0 Å². The number of aliphatic hydroxyl groups is 1. The molecule has 0 aliphatic rings. The lowest BCUT2D eigenvalue weighted by Crippen LogP contribution is -2.16. The number of hydrogen-bond acceptors (Lipinski definition) is 4. The predicted octanol–water partition coefficient (Wildman–Crippen LogP) is 0.221. The second-order valence-corrected chi connectivity index (χ2v) is 1.85. The van der Waals surface area contributed by atoms with Gasteiger partial charge in [-0.15, -0.1) is 0 Å². The van der Waals surface area contributed by atoms with Gasteiger partial charge >= 0.3 is 5.97 Å². The van der Waals surface area contributed by atoms with Crippen molar-refractivity contribution < 1.29 is 14.6 Å². The zero-order valence-corrected chi connectivity index (χ0v) is 6.10. The number of rotatable bonds is 4. The Morgan fingerprint density at radius 2 is 2.55 bits per heavy atom. The fraction of sp³-hybridized carbons (Fsp3) is 0.800. The van der Waals surface area contributed by atoms with E-state index in [2.05, 4.69) is 14.8 Å². The zero-order chi connectivity index (χ0) is 8.69. The van der Waals surface area contributed by atoms with E-state index < -0.39 is 12.1 Å². The number of carbonyl (C=O) groups is 1. The minimum atomic E-state index is -0.946. The molecular weight excluding hydrogens is 150 g/mol. The van der Waals surface area contributed by atoms with Crippen LogP contribution in [0.3, 0.4) is 0 Å². The number of azide groups is 1. The fourth-order valence-corrected chi connectivity index (χ4v) is 0.471. The van der Waals surface area contributed by atoms with Gasteiger partial charge in [0.25, 0.3) is 0 Å². The second kappa shape index (κ2) is 5.52. The number of nitrogens with zero attached hydrogens (tertiary/aromatic N) is 3. The summed E-state index contributed by atoms with van der Waals surface area (Å²) in [6.45, 7) is -0.106. The summed E-state index contributed by atoms with van der Waals surface area (Å²) in [6.07, 6.45) is -1.09. The van der Waals surface area contributed by atoms with Crippen molar-refractivity contribution >= 4 is 5.97 Å². The first kappa shape index (κ1) is 9.74. The van der Waals surface area contributed by atoms with Gasteiger partial charge < -0.3 is 9.84 Å². The van der Waals surface area contributed by atoms with Crippen LogP contribution in [0.5, 0.6) is 0 Å². The largest absolute Gasteiger partial charge is 0.469 e. The monoisotopic (exact) mass is 159 g/mol. The number of esters is 1.